The van der Waals surface area contributed by atoms with Crippen molar-refractivity contribution >= 4 is 5.52 Å². The van der Waals surface area contributed by atoms with Crippen molar-refractivity contribution in [2.45, 2.75) is 39.2 Å². The van der Waals surface area contributed by atoms with Gasteiger partial charge in [-0.15, -0.1) is 0 Å². The molecule has 0 N–H and O–H groups in total. The van der Waals surface area contributed by atoms with Gasteiger partial charge in [-0.3, -0.25) is 4.90 Å². The molecule has 0 spiro atoms. The summed E-state index contributed by atoms with van der Waals surface area (Å²) in [7, 11) is 0. The van der Waals surface area contributed by atoms with E-state index in [1.165, 1.54) is 60.3 Å². The highest BCUT2D eigenvalue weighted by atomic mass is 15.1. The molecule has 2 aromatic heterocycles. The maximum absolute atomic E-state index is 2.64. The molecular formula is C22H26N2. The molecule has 1 aromatic carbocycles. The number of hydrogen-bond donors (Lipinski definition) is 0. The molecule has 0 amide bonds. The molecule has 4 rings (SSSR count). The van der Waals surface area contributed by atoms with Gasteiger partial charge in [0.2, 0.25) is 0 Å². The second-order valence-electron chi connectivity index (χ2n) is 6.81. The summed E-state index contributed by atoms with van der Waals surface area (Å²) in [6.45, 7) is 5.81. The minimum absolute atomic E-state index is 1.05. The van der Waals surface area contributed by atoms with Crippen LogP contribution in [0.4, 0.5) is 0 Å². The van der Waals surface area contributed by atoms with E-state index in [2.05, 4.69) is 71.0 Å². The fourth-order valence-electron chi connectivity index (χ4n) is 4.14. The SMILES string of the molecule is CCc1c(-c2ccccc2)c(CN2CCCCC2)c2ccccn12. The van der Waals surface area contributed by atoms with Gasteiger partial charge in [-0.1, -0.05) is 49.7 Å². The van der Waals surface area contributed by atoms with E-state index in [-0.39, 0.29) is 0 Å². The highest BCUT2D eigenvalue weighted by Crippen LogP contribution is 2.35. The Morgan fingerprint density at radius 3 is 2.38 bits per heavy atom. The average molecular weight is 318 g/mol. The maximum Gasteiger partial charge on any atom is 0.0504 e. The normalized spacial score (nSPS) is 15.9. The molecule has 0 aliphatic carbocycles. The Balaban J connectivity index is 1.89. The second-order valence-corrected chi connectivity index (χ2v) is 6.81. The Morgan fingerprint density at radius 2 is 1.62 bits per heavy atom. The summed E-state index contributed by atoms with van der Waals surface area (Å²) in [6.07, 6.45) is 7.34. The number of likely N-dealkylation sites (tertiary alicyclic amines) is 1. The summed E-state index contributed by atoms with van der Waals surface area (Å²) < 4.78 is 2.40. The Morgan fingerprint density at radius 1 is 0.875 bits per heavy atom. The van der Waals surface area contributed by atoms with E-state index in [0.717, 1.165) is 13.0 Å². The number of aryl methyl sites for hydroxylation is 1. The van der Waals surface area contributed by atoms with E-state index in [1.807, 2.05) is 0 Å². The zero-order valence-electron chi connectivity index (χ0n) is 14.5. The zero-order valence-corrected chi connectivity index (χ0v) is 14.5. The first-order valence-electron chi connectivity index (χ1n) is 9.27. The van der Waals surface area contributed by atoms with Gasteiger partial charge < -0.3 is 4.40 Å². The van der Waals surface area contributed by atoms with Crippen molar-refractivity contribution in [3.05, 3.63) is 66.0 Å². The summed E-state index contributed by atoms with van der Waals surface area (Å²) in [5.41, 5.74) is 7.11. The molecule has 0 radical (unpaired) electrons. The lowest BCUT2D eigenvalue weighted by molar-refractivity contribution is 0.222. The highest BCUT2D eigenvalue weighted by Gasteiger charge is 2.21. The second kappa shape index (κ2) is 6.82. The molecule has 0 atom stereocenters. The number of piperidine rings is 1. The number of rotatable bonds is 4. The molecule has 1 aliphatic heterocycles. The predicted molar refractivity (Wildman–Crippen MR) is 101 cm³/mol. The highest BCUT2D eigenvalue weighted by molar-refractivity contribution is 5.80. The standard InChI is InChI=1S/C22H26N2/c1-2-20-22(18-11-5-3-6-12-18)19(17-23-14-8-4-9-15-23)21-13-7-10-16-24(20)21/h3,5-7,10-13,16H,2,4,8-9,14-15,17H2,1H3. The quantitative estimate of drug-likeness (QED) is 0.645. The monoisotopic (exact) mass is 318 g/mol. The molecule has 3 heterocycles. The van der Waals surface area contributed by atoms with Crippen LogP contribution in [0, 0.1) is 0 Å². The van der Waals surface area contributed by atoms with Gasteiger partial charge in [0.05, 0.1) is 5.52 Å². The summed E-state index contributed by atoms with van der Waals surface area (Å²) in [5.74, 6) is 0. The molecule has 1 fully saturated rings. The lowest BCUT2D eigenvalue weighted by Gasteiger charge is -2.26. The first-order chi connectivity index (χ1) is 11.9. The van der Waals surface area contributed by atoms with Gasteiger partial charge in [-0.2, -0.15) is 0 Å². The molecular weight excluding hydrogens is 292 g/mol. The average Bonchev–Trinajstić information content (AvgIpc) is 2.97. The van der Waals surface area contributed by atoms with E-state index in [4.69, 9.17) is 0 Å². The van der Waals surface area contributed by atoms with Crippen LogP contribution in [0.15, 0.2) is 54.7 Å². The van der Waals surface area contributed by atoms with E-state index in [9.17, 15) is 0 Å². The molecule has 124 valence electrons. The largest absolute Gasteiger partial charge is 0.320 e. The molecule has 1 saturated heterocycles. The minimum atomic E-state index is 1.05. The van der Waals surface area contributed by atoms with Crippen LogP contribution in [0.1, 0.15) is 37.4 Å². The van der Waals surface area contributed by atoms with Crippen LogP contribution in [0.2, 0.25) is 0 Å². The van der Waals surface area contributed by atoms with Gasteiger partial charge in [-0.05, 0) is 55.6 Å². The summed E-state index contributed by atoms with van der Waals surface area (Å²) >= 11 is 0. The number of fused-ring (bicyclic) bond motifs is 1. The van der Waals surface area contributed by atoms with Crippen molar-refractivity contribution in [2.75, 3.05) is 13.1 Å². The fourth-order valence-corrected chi connectivity index (χ4v) is 4.14. The molecule has 2 heteroatoms. The van der Waals surface area contributed by atoms with Crippen LogP contribution in [-0.2, 0) is 13.0 Å². The Kier molecular flexibility index (Phi) is 4.40. The number of nitrogens with zero attached hydrogens (tertiary/aromatic N) is 2. The van der Waals surface area contributed by atoms with Crippen molar-refractivity contribution < 1.29 is 0 Å². The van der Waals surface area contributed by atoms with E-state index in [0.29, 0.717) is 0 Å². The van der Waals surface area contributed by atoms with Crippen LogP contribution in [0.5, 0.6) is 0 Å². The van der Waals surface area contributed by atoms with E-state index < -0.39 is 0 Å². The number of pyridine rings is 1. The van der Waals surface area contributed by atoms with Gasteiger partial charge in [-0.25, -0.2) is 0 Å². The number of aromatic nitrogens is 1. The third kappa shape index (κ3) is 2.76. The van der Waals surface area contributed by atoms with Crippen molar-refractivity contribution in [1.82, 2.24) is 9.30 Å². The Labute approximate surface area is 144 Å². The fraction of sp³-hybridized carbons (Fsp3) is 0.364. The van der Waals surface area contributed by atoms with Crippen LogP contribution >= 0.6 is 0 Å². The predicted octanol–water partition coefficient (Wildman–Crippen LogP) is 5.15. The minimum Gasteiger partial charge on any atom is -0.320 e. The third-order valence-electron chi connectivity index (χ3n) is 5.28. The van der Waals surface area contributed by atoms with Crippen LogP contribution in [0.25, 0.3) is 16.6 Å². The summed E-state index contributed by atoms with van der Waals surface area (Å²) in [4.78, 5) is 2.64. The molecule has 0 saturated carbocycles. The van der Waals surface area contributed by atoms with E-state index in [1.54, 1.807) is 0 Å². The lowest BCUT2D eigenvalue weighted by atomic mass is 9.98. The van der Waals surface area contributed by atoms with Gasteiger partial charge >= 0.3 is 0 Å². The third-order valence-corrected chi connectivity index (χ3v) is 5.28. The van der Waals surface area contributed by atoms with Crippen LogP contribution in [0.3, 0.4) is 0 Å². The summed E-state index contributed by atoms with van der Waals surface area (Å²) in [5, 5.41) is 0. The Bertz CT molecular complexity index is 811. The van der Waals surface area contributed by atoms with Gasteiger partial charge in [0.15, 0.2) is 0 Å². The van der Waals surface area contributed by atoms with Gasteiger partial charge in [0.1, 0.15) is 0 Å². The van der Waals surface area contributed by atoms with Crippen LogP contribution < -0.4 is 0 Å². The van der Waals surface area contributed by atoms with Crippen molar-refractivity contribution in [3.8, 4) is 11.1 Å². The first kappa shape index (κ1) is 15.5. The van der Waals surface area contributed by atoms with Crippen LogP contribution in [-0.4, -0.2) is 22.4 Å². The smallest absolute Gasteiger partial charge is 0.0504 e. The molecule has 0 unspecified atom stereocenters. The topological polar surface area (TPSA) is 7.65 Å². The zero-order chi connectivity index (χ0) is 16.4. The van der Waals surface area contributed by atoms with Crippen molar-refractivity contribution in [2.24, 2.45) is 0 Å². The molecule has 24 heavy (non-hydrogen) atoms. The Hall–Kier alpha value is -2.06. The van der Waals surface area contributed by atoms with E-state index >= 15 is 0 Å². The molecule has 3 aromatic rings. The van der Waals surface area contributed by atoms with Gasteiger partial charge in [0.25, 0.3) is 0 Å². The number of benzene rings is 1. The molecule has 0 bridgehead atoms. The lowest BCUT2D eigenvalue weighted by Crippen LogP contribution is -2.29. The first-order valence-corrected chi connectivity index (χ1v) is 9.27. The molecule has 2 nitrogen and oxygen atoms in total. The van der Waals surface area contributed by atoms with Crippen molar-refractivity contribution in [3.63, 3.8) is 0 Å². The maximum atomic E-state index is 2.64. The summed E-state index contributed by atoms with van der Waals surface area (Å²) in [6, 6.07) is 17.5. The van der Waals surface area contributed by atoms with Gasteiger partial charge in [0, 0.05) is 24.0 Å². The number of hydrogen-bond acceptors (Lipinski definition) is 1. The van der Waals surface area contributed by atoms with Crippen molar-refractivity contribution in [1.29, 1.82) is 0 Å². The molecule has 1 aliphatic rings.